The molecule has 1 aliphatic heterocycles. The van der Waals surface area contributed by atoms with Crippen LogP contribution in [0, 0.1) is 5.82 Å². The number of morpholine rings is 1. The predicted octanol–water partition coefficient (Wildman–Crippen LogP) is 1.96. The van der Waals surface area contributed by atoms with Gasteiger partial charge in [0.2, 0.25) is 0 Å². The summed E-state index contributed by atoms with van der Waals surface area (Å²) in [6.45, 7) is 7.53. The molecule has 0 spiro atoms. The van der Waals surface area contributed by atoms with E-state index >= 15 is 0 Å². The maximum absolute atomic E-state index is 13.1. The lowest BCUT2D eigenvalue weighted by Gasteiger charge is -2.45. The van der Waals surface area contributed by atoms with Crippen molar-refractivity contribution in [1.29, 1.82) is 0 Å². The predicted molar refractivity (Wildman–Crippen MR) is 82.7 cm³/mol. The van der Waals surface area contributed by atoms with Crippen LogP contribution in [0.5, 0.6) is 0 Å². The second-order valence-electron chi connectivity index (χ2n) is 5.91. The first-order valence-electron chi connectivity index (χ1n) is 7.18. The monoisotopic (exact) mass is 315 g/mol. The molecule has 3 N–H and O–H groups in total. The molecular weight excluding hydrogens is 293 g/mol. The van der Waals surface area contributed by atoms with Gasteiger partial charge in [0.05, 0.1) is 13.2 Å². The molecule has 0 radical (unpaired) electrons. The molecule has 0 aliphatic carbocycles. The van der Waals surface area contributed by atoms with Gasteiger partial charge in [-0.3, -0.25) is 16.2 Å². The minimum Gasteiger partial charge on any atom is -0.379 e. The molecule has 1 saturated heterocycles. The Labute approximate surface area is 130 Å². The number of hydrogen-bond donors (Lipinski definition) is 2. The summed E-state index contributed by atoms with van der Waals surface area (Å²) >= 11 is 6.12. The van der Waals surface area contributed by atoms with Crippen molar-refractivity contribution < 1.29 is 9.13 Å². The molecule has 1 fully saturated rings. The van der Waals surface area contributed by atoms with E-state index in [1.165, 1.54) is 12.1 Å². The number of halogens is 2. The number of hydrogen-bond acceptors (Lipinski definition) is 4. The number of ether oxygens (including phenoxy) is 1. The van der Waals surface area contributed by atoms with Crippen molar-refractivity contribution in [2.75, 3.05) is 26.3 Å². The summed E-state index contributed by atoms with van der Waals surface area (Å²) in [5, 5.41) is 0.438. The van der Waals surface area contributed by atoms with Gasteiger partial charge in [-0.2, -0.15) is 0 Å². The average molecular weight is 316 g/mol. The van der Waals surface area contributed by atoms with E-state index in [2.05, 4.69) is 24.2 Å². The van der Waals surface area contributed by atoms with Crippen LogP contribution >= 0.6 is 11.6 Å². The van der Waals surface area contributed by atoms with E-state index in [4.69, 9.17) is 22.2 Å². The summed E-state index contributed by atoms with van der Waals surface area (Å²) in [4.78, 5) is 2.36. The van der Waals surface area contributed by atoms with Crippen LogP contribution in [0.4, 0.5) is 4.39 Å². The minimum absolute atomic E-state index is 0.00133. The molecule has 1 heterocycles. The lowest BCUT2D eigenvalue weighted by Crippen LogP contribution is -2.62. The van der Waals surface area contributed by atoms with Crippen LogP contribution in [0.1, 0.15) is 19.4 Å². The molecule has 6 heteroatoms. The Morgan fingerprint density at radius 2 is 2.10 bits per heavy atom. The lowest BCUT2D eigenvalue weighted by molar-refractivity contribution is -0.0233. The highest BCUT2D eigenvalue weighted by molar-refractivity contribution is 6.31. The van der Waals surface area contributed by atoms with Crippen molar-refractivity contribution in [3.63, 3.8) is 0 Å². The van der Waals surface area contributed by atoms with Gasteiger partial charge in [-0.25, -0.2) is 4.39 Å². The van der Waals surface area contributed by atoms with Gasteiger partial charge in [0, 0.05) is 29.7 Å². The van der Waals surface area contributed by atoms with Crippen molar-refractivity contribution in [1.82, 2.24) is 10.3 Å². The fourth-order valence-electron chi connectivity index (χ4n) is 2.78. The van der Waals surface area contributed by atoms with Gasteiger partial charge < -0.3 is 4.74 Å². The van der Waals surface area contributed by atoms with E-state index in [9.17, 15) is 4.39 Å². The Kier molecular flexibility index (Phi) is 5.57. The van der Waals surface area contributed by atoms with Gasteiger partial charge in [0.1, 0.15) is 5.82 Å². The zero-order valence-electron chi connectivity index (χ0n) is 12.5. The number of hydrazine groups is 1. The largest absolute Gasteiger partial charge is 0.379 e. The summed E-state index contributed by atoms with van der Waals surface area (Å²) in [5.41, 5.74) is 3.63. The molecule has 118 valence electrons. The van der Waals surface area contributed by atoms with Gasteiger partial charge in [0.15, 0.2) is 0 Å². The molecule has 1 unspecified atom stereocenters. The molecular formula is C15H23ClFN3O. The van der Waals surface area contributed by atoms with E-state index in [-0.39, 0.29) is 17.4 Å². The SMILES string of the molecule is CC(C)(C(Cc1ccc(F)cc1Cl)NN)N1CCOCC1. The summed E-state index contributed by atoms with van der Waals surface area (Å²) in [6.07, 6.45) is 0.639. The molecule has 0 amide bonds. The van der Waals surface area contributed by atoms with Crippen LogP contribution in [-0.2, 0) is 11.2 Å². The number of nitrogens with two attached hydrogens (primary N) is 1. The third kappa shape index (κ3) is 3.93. The molecule has 4 nitrogen and oxygen atoms in total. The Morgan fingerprint density at radius 1 is 1.43 bits per heavy atom. The van der Waals surface area contributed by atoms with Crippen molar-refractivity contribution in [3.05, 3.63) is 34.6 Å². The maximum atomic E-state index is 13.1. The van der Waals surface area contributed by atoms with Gasteiger partial charge in [0.25, 0.3) is 0 Å². The van der Waals surface area contributed by atoms with E-state index < -0.39 is 0 Å². The van der Waals surface area contributed by atoms with E-state index in [1.54, 1.807) is 6.07 Å². The van der Waals surface area contributed by atoms with Crippen molar-refractivity contribution in [3.8, 4) is 0 Å². The molecule has 1 aliphatic rings. The molecule has 2 rings (SSSR count). The minimum atomic E-state index is -0.326. The summed E-state index contributed by atoms with van der Waals surface area (Å²) in [5.74, 6) is 5.44. The number of nitrogens with one attached hydrogen (secondary N) is 1. The van der Waals surface area contributed by atoms with Gasteiger partial charge in [-0.05, 0) is 38.0 Å². The first-order valence-corrected chi connectivity index (χ1v) is 7.56. The topological polar surface area (TPSA) is 50.5 Å². The fraction of sp³-hybridized carbons (Fsp3) is 0.600. The highest BCUT2D eigenvalue weighted by Crippen LogP contribution is 2.26. The van der Waals surface area contributed by atoms with Crippen molar-refractivity contribution in [2.45, 2.75) is 31.8 Å². The third-order valence-electron chi connectivity index (χ3n) is 4.32. The number of nitrogens with zero attached hydrogens (tertiary/aromatic N) is 1. The third-order valence-corrected chi connectivity index (χ3v) is 4.67. The normalized spacial score (nSPS) is 18.7. The van der Waals surface area contributed by atoms with Gasteiger partial charge in [-0.1, -0.05) is 17.7 Å². The van der Waals surface area contributed by atoms with Crippen LogP contribution in [-0.4, -0.2) is 42.8 Å². The van der Waals surface area contributed by atoms with Crippen LogP contribution in [0.15, 0.2) is 18.2 Å². The van der Waals surface area contributed by atoms with Crippen LogP contribution in [0.25, 0.3) is 0 Å². The molecule has 21 heavy (non-hydrogen) atoms. The standard InChI is InChI=1S/C15H23ClFN3O/c1-15(2,20-5-7-21-8-6-20)14(19-18)9-11-3-4-12(17)10-13(11)16/h3-4,10,14,19H,5-9,18H2,1-2H3. The van der Waals surface area contributed by atoms with Gasteiger partial charge in [-0.15, -0.1) is 0 Å². The van der Waals surface area contributed by atoms with E-state index in [1.807, 2.05) is 0 Å². The summed E-state index contributed by atoms with van der Waals surface area (Å²) < 4.78 is 18.5. The number of benzene rings is 1. The lowest BCUT2D eigenvalue weighted by atomic mass is 9.87. The Morgan fingerprint density at radius 3 is 2.67 bits per heavy atom. The second-order valence-corrected chi connectivity index (χ2v) is 6.32. The zero-order chi connectivity index (χ0) is 15.5. The quantitative estimate of drug-likeness (QED) is 0.644. The van der Waals surface area contributed by atoms with Crippen LogP contribution in [0.3, 0.4) is 0 Å². The zero-order valence-corrected chi connectivity index (χ0v) is 13.3. The first-order chi connectivity index (χ1) is 9.95. The molecule has 0 saturated carbocycles. The van der Waals surface area contributed by atoms with Gasteiger partial charge >= 0.3 is 0 Å². The summed E-state index contributed by atoms with van der Waals surface area (Å²) in [6, 6.07) is 4.48. The Hall–Kier alpha value is -0.720. The number of rotatable bonds is 5. The smallest absolute Gasteiger partial charge is 0.124 e. The average Bonchev–Trinajstić information content (AvgIpc) is 2.47. The van der Waals surface area contributed by atoms with E-state index in [0.717, 1.165) is 31.9 Å². The maximum Gasteiger partial charge on any atom is 0.124 e. The molecule has 0 bridgehead atoms. The van der Waals surface area contributed by atoms with E-state index in [0.29, 0.717) is 11.4 Å². The van der Waals surface area contributed by atoms with Crippen molar-refractivity contribution >= 4 is 11.6 Å². The highest BCUT2D eigenvalue weighted by Gasteiger charge is 2.36. The molecule has 0 aromatic heterocycles. The Bertz CT molecular complexity index is 478. The summed E-state index contributed by atoms with van der Waals surface area (Å²) in [7, 11) is 0. The van der Waals surface area contributed by atoms with Crippen LogP contribution < -0.4 is 11.3 Å². The fourth-order valence-corrected chi connectivity index (χ4v) is 3.02. The second kappa shape index (κ2) is 7.03. The van der Waals surface area contributed by atoms with Crippen LogP contribution in [0.2, 0.25) is 5.02 Å². The highest BCUT2D eigenvalue weighted by atomic mass is 35.5. The molecule has 1 aromatic carbocycles. The first kappa shape index (κ1) is 16.6. The molecule has 1 atom stereocenters. The van der Waals surface area contributed by atoms with Crippen molar-refractivity contribution in [2.24, 2.45) is 5.84 Å². The Balaban J connectivity index is 2.14. The molecule has 1 aromatic rings.